The van der Waals surface area contributed by atoms with Gasteiger partial charge in [-0.25, -0.2) is 8.78 Å². The average molecular weight is 280 g/mol. The predicted molar refractivity (Wildman–Crippen MR) is 80.0 cm³/mol. The maximum Gasteiger partial charge on any atom is 0.130 e. The lowest BCUT2D eigenvalue weighted by molar-refractivity contribution is 0.400. The molecule has 0 heterocycles. The molecule has 1 aromatic rings. The number of aryl methyl sites for hydroxylation is 1. The van der Waals surface area contributed by atoms with Gasteiger partial charge in [0.2, 0.25) is 0 Å². The molecule has 1 aliphatic carbocycles. The van der Waals surface area contributed by atoms with Gasteiger partial charge in [-0.05, 0) is 60.8 Å². The number of rotatable bonds is 6. The summed E-state index contributed by atoms with van der Waals surface area (Å²) in [4.78, 5) is 0. The van der Waals surface area contributed by atoms with Crippen LogP contribution in [0.4, 0.5) is 8.78 Å². The molecule has 0 N–H and O–H groups in total. The third kappa shape index (κ3) is 3.39. The molecule has 0 amide bonds. The first-order valence-electron chi connectivity index (χ1n) is 8.15. The van der Waals surface area contributed by atoms with E-state index in [0.29, 0.717) is 35.4 Å². The van der Waals surface area contributed by atoms with Crippen molar-refractivity contribution in [2.24, 2.45) is 5.92 Å². The Bertz CT molecular complexity index is 451. The topological polar surface area (TPSA) is 0 Å². The SMILES string of the molecule is CCCCCc1cc(F)c2c(c1F)CCC(CCC)C2. The molecule has 0 aromatic heterocycles. The van der Waals surface area contributed by atoms with E-state index in [1.807, 2.05) is 0 Å². The largest absolute Gasteiger partial charge is 0.207 e. The fraction of sp³-hybridized carbons (Fsp3) is 0.667. The number of hydrogen-bond acceptors (Lipinski definition) is 0. The molecular formula is C18H26F2. The van der Waals surface area contributed by atoms with Gasteiger partial charge in [-0.1, -0.05) is 39.5 Å². The van der Waals surface area contributed by atoms with Crippen molar-refractivity contribution >= 4 is 0 Å². The van der Waals surface area contributed by atoms with Gasteiger partial charge in [-0.2, -0.15) is 0 Å². The van der Waals surface area contributed by atoms with Gasteiger partial charge >= 0.3 is 0 Å². The maximum atomic E-state index is 14.5. The van der Waals surface area contributed by atoms with E-state index in [-0.39, 0.29) is 11.6 Å². The van der Waals surface area contributed by atoms with Crippen LogP contribution in [0.5, 0.6) is 0 Å². The number of unbranched alkanes of at least 4 members (excludes halogenated alkanes) is 2. The molecule has 2 heteroatoms. The van der Waals surface area contributed by atoms with Gasteiger partial charge in [0.15, 0.2) is 0 Å². The van der Waals surface area contributed by atoms with Gasteiger partial charge in [0, 0.05) is 0 Å². The number of benzene rings is 1. The number of halogens is 2. The Morgan fingerprint density at radius 1 is 1.10 bits per heavy atom. The summed E-state index contributed by atoms with van der Waals surface area (Å²) < 4.78 is 28.8. The second-order valence-electron chi connectivity index (χ2n) is 6.14. The van der Waals surface area contributed by atoms with Crippen LogP contribution in [0.3, 0.4) is 0 Å². The second kappa shape index (κ2) is 7.19. The Balaban J connectivity index is 2.19. The van der Waals surface area contributed by atoms with Crippen LogP contribution in [-0.2, 0) is 19.3 Å². The number of hydrogen-bond donors (Lipinski definition) is 0. The smallest absolute Gasteiger partial charge is 0.130 e. The maximum absolute atomic E-state index is 14.5. The summed E-state index contributed by atoms with van der Waals surface area (Å²) in [6, 6.07) is 1.46. The minimum atomic E-state index is -0.172. The van der Waals surface area contributed by atoms with Crippen molar-refractivity contribution in [2.45, 2.75) is 71.6 Å². The lowest BCUT2D eigenvalue weighted by Crippen LogP contribution is -2.18. The molecule has 0 fully saturated rings. The van der Waals surface area contributed by atoms with Gasteiger partial charge in [0.1, 0.15) is 11.6 Å². The summed E-state index contributed by atoms with van der Waals surface area (Å²) in [5, 5.41) is 0. The van der Waals surface area contributed by atoms with Crippen LogP contribution in [0.25, 0.3) is 0 Å². The Labute approximate surface area is 121 Å². The standard InChI is InChI=1S/C18H26F2/c1-3-5-6-8-14-12-17(19)16-11-13(7-4-2)9-10-15(16)18(14)20/h12-13H,3-11H2,1-2H3. The van der Waals surface area contributed by atoms with Crippen molar-refractivity contribution in [1.82, 2.24) is 0 Å². The van der Waals surface area contributed by atoms with Gasteiger partial charge in [-0.3, -0.25) is 0 Å². The minimum absolute atomic E-state index is 0.118. The molecule has 0 saturated carbocycles. The highest BCUT2D eigenvalue weighted by Gasteiger charge is 2.25. The van der Waals surface area contributed by atoms with E-state index in [2.05, 4.69) is 13.8 Å². The van der Waals surface area contributed by atoms with Gasteiger partial charge in [-0.15, -0.1) is 0 Å². The van der Waals surface area contributed by atoms with Gasteiger partial charge in [0.05, 0.1) is 0 Å². The Morgan fingerprint density at radius 2 is 1.90 bits per heavy atom. The average Bonchev–Trinajstić information content (AvgIpc) is 2.45. The molecule has 0 nitrogen and oxygen atoms in total. The highest BCUT2D eigenvalue weighted by molar-refractivity contribution is 5.37. The van der Waals surface area contributed by atoms with Crippen molar-refractivity contribution in [1.29, 1.82) is 0 Å². The second-order valence-corrected chi connectivity index (χ2v) is 6.14. The van der Waals surface area contributed by atoms with Crippen LogP contribution in [-0.4, -0.2) is 0 Å². The van der Waals surface area contributed by atoms with E-state index in [4.69, 9.17) is 0 Å². The minimum Gasteiger partial charge on any atom is -0.207 e. The fourth-order valence-corrected chi connectivity index (χ4v) is 3.40. The van der Waals surface area contributed by atoms with E-state index in [1.54, 1.807) is 0 Å². The van der Waals surface area contributed by atoms with Crippen LogP contribution in [0, 0.1) is 17.6 Å². The zero-order valence-electron chi connectivity index (χ0n) is 12.8. The summed E-state index contributed by atoms with van der Waals surface area (Å²) in [7, 11) is 0. The lowest BCUT2D eigenvalue weighted by atomic mass is 9.80. The zero-order valence-corrected chi connectivity index (χ0v) is 12.8. The molecular weight excluding hydrogens is 254 g/mol. The highest BCUT2D eigenvalue weighted by Crippen LogP contribution is 2.33. The summed E-state index contributed by atoms with van der Waals surface area (Å²) >= 11 is 0. The summed E-state index contributed by atoms with van der Waals surface area (Å²) in [5.41, 5.74) is 1.92. The first-order chi connectivity index (χ1) is 9.67. The van der Waals surface area contributed by atoms with Crippen LogP contribution in [0.1, 0.15) is 69.1 Å². The van der Waals surface area contributed by atoms with Crippen LogP contribution >= 0.6 is 0 Å². The molecule has 0 radical (unpaired) electrons. The van der Waals surface area contributed by atoms with Crippen LogP contribution < -0.4 is 0 Å². The molecule has 1 aromatic carbocycles. The molecule has 0 saturated heterocycles. The summed E-state index contributed by atoms with van der Waals surface area (Å²) in [6.45, 7) is 4.28. The van der Waals surface area contributed by atoms with Crippen molar-refractivity contribution in [3.8, 4) is 0 Å². The molecule has 2 rings (SSSR count). The normalized spacial score (nSPS) is 18.1. The molecule has 20 heavy (non-hydrogen) atoms. The van der Waals surface area contributed by atoms with E-state index in [1.165, 1.54) is 6.07 Å². The first kappa shape index (κ1) is 15.5. The van der Waals surface area contributed by atoms with Crippen molar-refractivity contribution in [3.63, 3.8) is 0 Å². The Kier molecular flexibility index (Phi) is 5.56. The van der Waals surface area contributed by atoms with Crippen molar-refractivity contribution in [2.75, 3.05) is 0 Å². The molecule has 0 bridgehead atoms. The van der Waals surface area contributed by atoms with E-state index in [9.17, 15) is 8.78 Å². The molecule has 0 spiro atoms. The molecule has 1 unspecified atom stereocenters. The third-order valence-corrected chi connectivity index (χ3v) is 4.54. The zero-order chi connectivity index (χ0) is 14.5. The molecule has 112 valence electrons. The lowest BCUT2D eigenvalue weighted by Gasteiger charge is -2.26. The monoisotopic (exact) mass is 280 g/mol. The predicted octanol–water partition coefficient (Wildman–Crippen LogP) is 5.60. The van der Waals surface area contributed by atoms with Crippen molar-refractivity contribution < 1.29 is 8.78 Å². The summed E-state index contributed by atoms with van der Waals surface area (Å²) in [5.74, 6) is 0.244. The molecule has 1 aliphatic rings. The molecule has 0 aliphatic heterocycles. The Hall–Kier alpha value is -0.920. The van der Waals surface area contributed by atoms with Gasteiger partial charge < -0.3 is 0 Å². The van der Waals surface area contributed by atoms with E-state index >= 15 is 0 Å². The third-order valence-electron chi connectivity index (χ3n) is 4.54. The fourth-order valence-electron chi connectivity index (χ4n) is 3.40. The van der Waals surface area contributed by atoms with Crippen molar-refractivity contribution in [3.05, 3.63) is 34.4 Å². The quantitative estimate of drug-likeness (QED) is 0.595. The summed E-state index contributed by atoms with van der Waals surface area (Å²) in [6.07, 6.45) is 8.50. The number of fused-ring (bicyclic) bond motifs is 1. The van der Waals surface area contributed by atoms with Crippen LogP contribution in [0.15, 0.2) is 6.07 Å². The van der Waals surface area contributed by atoms with Gasteiger partial charge in [0.25, 0.3) is 0 Å². The van der Waals surface area contributed by atoms with E-state index in [0.717, 1.165) is 44.9 Å². The van der Waals surface area contributed by atoms with Crippen LogP contribution in [0.2, 0.25) is 0 Å². The van der Waals surface area contributed by atoms with E-state index < -0.39 is 0 Å². The highest BCUT2D eigenvalue weighted by atomic mass is 19.1. The molecule has 1 atom stereocenters. The first-order valence-corrected chi connectivity index (χ1v) is 8.15. The Morgan fingerprint density at radius 3 is 2.60 bits per heavy atom.